The maximum atomic E-state index is 12.1. The van der Waals surface area contributed by atoms with Gasteiger partial charge >= 0.3 is 0 Å². The summed E-state index contributed by atoms with van der Waals surface area (Å²) in [5.74, 6) is 0.836. The van der Waals surface area contributed by atoms with Gasteiger partial charge in [-0.3, -0.25) is 4.79 Å². The molecule has 0 unspecified atom stereocenters. The second kappa shape index (κ2) is 6.15. The van der Waals surface area contributed by atoms with Crippen LogP contribution < -0.4 is 5.32 Å². The molecule has 1 saturated heterocycles. The summed E-state index contributed by atoms with van der Waals surface area (Å²) in [6.07, 6.45) is 3.70. The number of hydrogen-bond acceptors (Lipinski definition) is 2. The fourth-order valence-corrected chi connectivity index (χ4v) is 3.36. The Kier molecular flexibility index (Phi) is 4.27. The Morgan fingerprint density at radius 3 is 2.60 bits per heavy atom. The average molecular weight is 294 g/mol. The van der Waals surface area contributed by atoms with Gasteiger partial charge in [-0.1, -0.05) is 29.8 Å². The van der Waals surface area contributed by atoms with E-state index in [9.17, 15) is 4.79 Å². The molecule has 1 N–H and O–H groups in total. The number of ether oxygens (including phenoxy) is 1. The zero-order valence-corrected chi connectivity index (χ0v) is 12.2. The van der Waals surface area contributed by atoms with Gasteiger partial charge in [0.1, 0.15) is 0 Å². The maximum Gasteiger partial charge on any atom is 0.223 e. The quantitative estimate of drug-likeness (QED) is 0.930. The van der Waals surface area contributed by atoms with E-state index in [1.807, 2.05) is 18.2 Å². The standard InChI is InChI=1S/C16H20ClNO2/c17-15-4-2-1-3-14(15)12-9-13(10-12)18-16(19)11-5-7-20-8-6-11/h1-4,11-13H,5-10H2,(H,18,19). The molecule has 4 heteroatoms. The predicted molar refractivity (Wildman–Crippen MR) is 78.9 cm³/mol. The highest BCUT2D eigenvalue weighted by Crippen LogP contribution is 2.40. The van der Waals surface area contributed by atoms with Crippen molar-refractivity contribution >= 4 is 17.5 Å². The summed E-state index contributed by atoms with van der Waals surface area (Å²) in [4.78, 5) is 12.1. The summed E-state index contributed by atoms with van der Waals surface area (Å²) in [7, 11) is 0. The van der Waals surface area contributed by atoms with Crippen LogP contribution in [0.15, 0.2) is 24.3 Å². The molecule has 2 fully saturated rings. The Morgan fingerprint density at radius 1 is 1.20 bits per heavy atom. The molecule has 1 heterocycles. The number of halogens is 1. The van der Waals surface area contributed by atoms with Crippen molar-refractivity contribution < 1.29 is 9.53 Å². The summed E-state index contributed by atoms with van der Waals surface area (Å²) in [5, 5.41) is 4.01. The topological polar surface area (TPSA) is 38.3 Å². The van der Waals surface area contributed by atoms with Gasteiger partial charge in [-0.2, -0.15) is 0 Å². The van der Waals surface area contributed by atoms with Crippen LogP contribution in [0.5, 0.6) is 0 Å². The molecule has 0 atom stereocenters. The smallest absolute Gasteiger partial charge is 0.223 e. The van der Waals surface area contributed by atoms with E-state index in [0.717, 1.165) is 30.7 Å². The van der Waals surface area contributed by atoms with E-state index < -0.39 is 0 Å². The SMILES string of the molecule is O=C(NC1CC(c2ccccc2Cl)C1)C1CCOCC1. The Morgan fingerprint density at radius 2 is 1.90 bits per heavy atom. The van der Waals surface area contributed by atoms with Crippen LogP contribution in [-0.2, 0) is 9.53 Å². The molecule has 1 aromatic rings. The minimum Gasteiger partial charge on any atom is -0.381 e. The number of hydrogen-bond donors (Lipinski definition) is 1. The normalized spacial score (nSPS) is 26.9. The summed E-state index contributed by atoms with van der Waals surface area (Å²) in [6.45, 7) is 1.43. The molecule has 0 aromatic heterocycles. The van der Waals surface area contributed by atoms with Gasteiger partial charge in [0.15, 0.2) is 0 Å². The van der Waals surface area contributed by atoms with E-state index >= 15 is 0 Å². The first kappa shape index (κ1) is 13.9. The van der Waals surface area contributed by atoms with Crippen LogP contribution in [0.3, 0.4) is 0 Å². The van der Waals surface area contributed by atoms with Gasteiger partial charge in [0.05, 0.1) is 0 Å². The van der Waals surface area contributed by atoms with Gasteiger partial charge in [-0.05, 0) is 43.2 Å². The molecule has 1 aliphatic heterocycles. The molecule has 20 heavy (non-hydrogen) atoms. The van der Waals surface area contributed by atoms with Crippen LogP contribution in [0.2, 0.25) is 5.02 Å². The summed E-state index contributed by atoms with van der Waals surface area (Å²) in [5.41, 5.74) is 1.21. The van der Waals surface area contributed by atoms with Gasteiger partial charge in [0.25, 0.3) is 0 Å². The lowest BCUT2D eigenvalue weighted by atomic mass is 9.75. The van der Waals surface area contributed by atoms with Crippen molar-refractivity contribution in [3.8, 4) is 0 Å². The van der Waals surface area contributed by atoms with Crippen molar-refractivity contribution in [3.63, 3.8) is 0 Å². The monoisotopic (exact) mass is 293 g/mol. The number of carbonyl (C=O) groups excluding carboxylic acids is 1. The number of amides is 1. The van der Waals surface area contributed by atoms with Crippen LogP contribution in [0, 0.1) is 5.92 Å². The van der Waals surface area contributed by atoms with Crippen molar-refractivity contribution in [3.05, 3.63) is 34.9 Å². The lowest BCUT2D eigenvalue weighted by Gasteiger charge is -2.37. The molecule has 0 bridgehead atoms. The largest absolute Gasteiger partial charge is 0.381 e. The van der Waals surface area contributed by atoms with Crippen molar-refractivity contribution in [2.75, 3.05) is 13.2 Å². The molecule has 1 amide bonds. The summed E-state index contributed by atoms with van der Waals surface area (Å²) >= 11 is 6.21. The van der Waals surface area contributed by atoms with Crippen LogP contribution in [0.1, 0.15) is 37.2 Å². The molecule has 3 rings (SSSR count). The van der Waals surface area contributed by atoms with Crippen molar-refractivity contribution in [1.29, 1.82) is 0 Å². The van der Waals surface area contributed by atoms with Crippen molar-refractivity contribution in [2.24, 2.45) is 5.92 Å². The van der Waals surface area contributed by atoms with Gasteiger partial charge in [0.2, 0.25) is 5.91 Å². The Balaban J connectivity index is 1.48. The maximum absolute atomic E-state index is 12.1. The Bertz CT molecular complexity index is 479. The molecular weight excluding hydrogens is 274 g/mol. The molecule has 1 aliphatic carbocycles. The van der Waals surface area contributed by atoms with E-state index in [-0.39, 0.29) is 11.8 Å². The first-order valence-corrected chi connectivity index (χ1v) is 7.74. The second-order valence-electron chi connectivity index (χ2n) is 5.78. The fraction of sp³-hybridized carbons (Fsp3) is 0.562. The fourth-order valence-electron chi connectivity index (χ4n) is 3.07. The van der Waals surface area contributed by atoms with Crippen molar-refractivity contribution in [1.82, 2.24) is 5.32 Å². The van der Waals surface area contributed by atoms with Gasteiger partial charge in [-0.25, -0.2) is 0 Å². The average Bonchev–Trinajstić information content (AvgIpc) is 2.44. The highest BCUT2D eigenvalue weighted by atomic mass is 35.5. The second-order valence-corrected chi connectivity index (χ2v) is 6.19. The molecule has 1 saturated carbocycles. The highest BCUT2D eigenvalue weighted by molar-refractivity contribution is 6.31. The lowest BCUT2D eigenvalue weighted by molar-refractivity contribution is -0.129. The van der Waals surface area contributed by atoms with Crippen LogP contribution >= 0.6 is 11.6 Å². The number of carbonyl (C=O) groups is 1. The molecule has 1 aromatic carbocycles. The zero-order chi connectivity index (χ0) is 13.9. The third-order valence-electron chi connectivity index (χ3n) is 4.42. The van der Waals surface area contributed by atoms with E-state index in [2.05, 4.69) is 11.4 Å². The molecule has 0 radical (unpaired) electrons. The third kappa shape index (κ3) is 2.99. The highest BCUT2D eigenvalue weighted by Gasteiger charge is 2.34. The number of rotatable bonds is 3. The Hall–Kier alpha value is -1.06. The molecule has 3 nitrogen and oxygen atoms in total. The Labute approximate surface area is 124 Å². The summed E-state index contributed by atoms with van der Waals surface area (Å²) < 4.78 is 5.29. The predicted octanol–water partition coefficient (Wildman–Crippen LogP) is 3.13. The zero-order valence-electron chi connectivity index (χ0n) is 11.5. The van der Waals surface area contributed by atoms with Crippen LogP contribution in [0.4, 0.5) is 0 Å². The first-order valence-electron chi connectivity index (χ1n) is 7.36. The lowest BCUT2D eigenvalue weighted by Crippen LogP contribution is -2.46. The third-order valence-corrected chi connectivity index (χ3v) is 4.77. The van der Waals surface area contributed by atoms with E-state index in [1.54, 1.807) is 0 Å². The minimum absolute atomic E-state index is 0.142. The van der Waals surface area contributed by atoms with Gasteiger partial charge in [-0.15, -0.1) is 0 Å². The number of nitrogens with one attached hydrogen (secondary N) is 1. The van der Waals surface area contributed by atoms with E-state index in [1.165, 1.54) is 5.56 Å². The molecule has 108 valence electrons. The summed E-state index contributed by atoms with van der Waals surface area (Å²) in [6, 6.07) is 8.31. The minimum atomic E-state index is 0.142. The number of benzene rings is 1. The van der Waals surface area contributed by atoms with Gasteiger partial charge in [0, 0.05) is 30.2 Å². The van der Waals surface area contributed by atoms with Crippen LogP contribution in [0.25, 0.3) is 0 Å². The van der Waals surface area contributed by atoms with Gasteiger partial charge < -0.3 is 10.1 Å². The van der Waals surface area contributed by atoms with Crippen molar-refractivity contribution in [2.45, 2.75) is 37.6 Å². The van der Waals surface area contributed by atoms with E-state index in [4.69, 9.17) is 16.3 Å². The van der Waals surface area contributed by atoms with Crippen LogP contribution in [-0.4, -0.2) is 25.2 Å². The molecular formula is C16H20ClNO2. The first-order chi connectivity index (χ1) is 9.74. The molecule has 2 aliphatic rings. The van der Waals surface area contributed by atoms with E-state index in [0.29, 0.717) is 25.2 Å². The molecule has 0 spiro atoms.